The Morgan fingerprint density at radius 3 is 1.48 bits per heavy atom. The molecule has 0 aromatic heterocycles. The third-order valence-electron chi connectivity index (χ3n) is 6.09. The van der Waals surface area contributed by atoms with E-state index in [1.807, 2.05) is 60.7 Å². The predicted octanol–water partition coefficient (Wildman–Crippen LogP) is 1.99. The van der Waals surface area contributed by atoms with Crippen LogP contribution in [0, 0.1) is 5.41 Å². The van der Waals surface area contributed by atoms with Crippen molar-refractivity contribution in [1.29, 1.82) is 0 Å². The zero-order chi connectivity index (χ0) is 22.1. The topological polar surface area (TPSA) is 98.7 Å². The van der Waals surface area contributed by atoms with E-state index in [1.54, 1.807) is 0 Å². The molecule has 0 heterocycles. The van der Waals surface area contributed by atoms with Crippen molar-refractivity contribution in [1.82, 2.24) is 10.6 Å². The molecular weight excluding hydrogens is 392 g/mol. The summed E-state index contributed by atoms with van der Waals surface area (Å²) in [6.45, 7) is -0.406. The number of amides is 2. The maximum absolute atomic E-state index is 13.3. The van der Waals surface area contributed by atoms with Crippen molar-refractivity contribution in [2.24, 2.45) is 5.41 Å². The van der Waals surface area contributed by atoms with Gasteiger partial charge in [0.2, 0.25) is 11.8 Å². The van der Waals surface area contributed by atoms with E-state index in [-0.39, 0.29) is 25.0 Å². The summed E-state index contributed by atoms with van der Waals surface area (Å²) in [6.07, 6.45) is 3.52. The SMILES string of the molecule is O=C(N[C@H](CO)Cc1ccccc1)C1(C(=O)N[C@H](CO)Cc2ccccc2)CCCC1. The highest BCUT2D eigenvalue weighted by atomic mass is 16.3. The highest BCUT2D eigenvalue weighted by molar-refractivity contribution is 6.05. The van der Waals surface area contributed by atoms with Crippen molar-refractivity contribution in [3.63, 3.8) is 0 Å². The maximum atomic E-state index is 13.3. The third kappa shape index (κ3) is 5.93. The first-order valence-corrected chi connectivity index (χ1v) is 11.0. The maximum Gasteiger partial charge on any atom is 0.236 e. The van der Waals surface area contributed by atoms with Gasteiger partial charge in [0.05, 0.1) is 25.3 Å². The molecule has 1 fully saturated rings. The number of hydrogen-bond acceptors (Lipinski definition) is 4. The van der Waals surface area contributed by atoms with E-state index in [0.717, 1.165) is 24.0 Å². The Labute approximate surface area is 183 Å². The van der Waals surface area contributed by atoms with Crippen LogP contribution in [0.1, 0.15) is 36.8 Å². The molecule has 0 radical (unpaired) electrons. The molecule has 1 aliphatic carbocycles. The van der Waals surface area contributed by atoms with E-state index in [0.29, 0.717) is 25.7 Å². The number of benzene rings is 2. The third-order valence-corrected chi connectivity index (χ3v) is 6.09. The van der Waals surface area contributed by atoms with E-state index >= 15 is 0 Å². The Hall–Kier alpha value is -2.70. The van der Waals surface area contributed by atoms with Gasteiger partial charge in [0, 0.05) is 0 Å². The Morgan fingerprint density at radius 2 is 1.13 bits per heavy atom. The summed E-state index contributed by atoms with van der Waals surface area (Å²) in [5.41, 5.74) is 0.860. The Kier molecular flexibility index (Phi) is 8.20. The molecule has 31 heavy (non-hydrogen) atoms. The molecule has 166 valence electrons. The summed E-state index contributed by atoms with van der Waals surface area (Å²) in [6, 6.07) is 18.4. The summed E-state index contributed by atoms with van der Waals surface area (Å²) in [5, 5.41) is 25.4. The van der Waals surface area contributed by atoms with Crippen LogP contribution in [0.25, 0.3) is 0 Å². The molecule has 2 aromatic carbocycles. The zero-order valence-electron chi connectivity index (χ0n) is 17.8. The molecule has 6 heteroatoms. The van der Waals surface area contributed by atoms with Crippen LogP contribution < -0.4 is 10.6 Å². The normalized spacial score (nSPS) is 17.0. The quantitative estimate of drug-likeness (QED) is 0.439. The summed E-state index contributed by atoms with van der Waals surface area (Å²) >= 11 is 0. The number of hydrogen-bond donors (Lipinski definition) is 4. The van der Waals surface area contributed by atoms with Crippen molar-refractivity contribution in [2.75, 3.05) is 13.2 Å². The van der Waals surface area contributed by atoms with Crippen LogP contribution in [0.3, 0.4) is 0 Å². The van der Waals surface area contributed by atoms with Gasteiger partial charge in [-0.05, 0) is 36.8 Å². The van der Waals surface area contributed by atoms with E-state index in [4.69, 9.17) is 0 Å². The lowest BCUT2D eigenvalue weighted by Gasteiger charge is -2.30. The monoisotopic (exact) mass is 424 g/mol. The lowest BCUT2D eigenvalue weighted by molar-refractivity contribution is -0.144. The first kappa shape index (κ1) is 23.0. The fourth-order valence-corrected chi connectivity index (χ4v) is 4.30. The average molecular weight is 425 g/mol. The van der Waals surface area contributed by atoms with Gasteiger partial charge in [0.25, 0.3) is 0 Å². The molecule has 2 atom stereocenters. The molecule has 1 aliphatic rings. The number of carbonyl (C=O) groups is 2. The van der Waals surface area contributed by atoms with E-state index in [9.17, 15) is 19.8 Å². The fourth-order valence-electron chi connectivity index (χ4n) is 4.30. The zero-order valence-corrected chi connectivity index (χ0v) is 17.8. The van der Waals surface area contributed by atoms with Crippen LogP contribution in [0.2, 0.25) is 0 Å². The Morgan fingerprint density at radius 1 is 0.742 bits per heavy atom. The Bertz CT molecular complexity index is 770. The molecule has 0 spiro atoms. The molecule has 4 N–H and O–H groups in total. The minimum Gasteiger partial charge on any atom is -0.394 e. The van der Waals surface area contributed by atoms with Crippen LogP contribution in [-0.4, -0.2) is 47.3 Å². The summed E-state index contributed by atoms with van der Waals surface area (Å²) in [5.74, 6) is -0.678. The van der Waals surface area contributed by atoms with Gasteiger partial charge in [0.1, 0.15) is 5.41 Å². The second-order valence-corrected chi connectivity index (χ2v) is 8.37. The van der Waals surface area contributed by atoms with Gasteiger partial charge in [-0.3, -0.25) is 9.59 Å². The van der Waals surface area contributed by atoms with Gasteiger partial charge in [0.15, 0.2) is 0 Å². The van der Waals surface area contributed by atoms with Crippen LogP contribution in [0.15, 0.2) is 60.7 Å². The van der Waals surface area contributed by atoms with Crippen LogP contribution in [-0.2, 0) is 22.4 Å². The van der Waals surface area contributed by atoms with Crippen molar-refractivity contribution in [2.45, 2.75) is 50.6 Å². The largest absolute Gasteiger partial charge is 0.394 e. The van der Waals surface area contributed by atoms with Crippen LogP contribution in [0.4, 0.5) is 0 Å². The van der Waals surface area contributed by atoms with Gasteiger partial charge in [-0.15, -0.1) is 0 Å². The highest BCUT2D eigenvalue weighted by Gasteiger charge is 2.48. The van der Waals surface area contributed by atoms with E-state index in [1.165, 1.54) is 0 Å². The second-order valence-electron chi connectivity index (χ2n) is 8.37. The van der Waals surface area contributed by atoms with Crippen molar-refractivity contribution in [3.8, 4) is 0 Å². The first-order valence-electron chi connectivity index (χ1n) is 11.0. The smallest absolute Gasteiger partial charge is 0.236 e. The molecule has 0 aliphatic heterocycles. The van der Waals surface area contributed by atoms with Gasteiger partial charge < -0.3 is 20.8 Å². The lowest BCUT2D eigenvalue weighted by atomic mass is 9.83. The second kappa shape index (κ2) is 11.1. The highest BCUT2D eigenvalue weighted by Crippen LogP contribution is 2.39. The van der Waals surface area contributed by atoms with Crippen LogP contribution >= 0.6 is 0 Å². The number of rotatable bonds is 10. The van der Waals surface area contributed by atoms with Crippen LogP contribution in [0.5, 0.6) is 0 Å². The van der Waals surface area contributed by atoms with Crippen molar-refractivity contribution in [3.05, 3.63) is 71.8 Å². The standard InChI is InChI=1S/C25H32N2O4/c28-17-21(15-19-9-3-1-4-10-19)26-23(30)25(13-7-8-14-25)24(31)27-22(18-29)16-20-11-5-2-6-12-20/h1-6,9-12,21-22,28-29H,7-8,13-18H2,(H,26,30)(H,27,31)/t21-,22-/m0/s1. The van der Waals surface area contributed by atoms with E-state index in [2.05, 4.69) is 10.6 Å². The van der Waals surface area contributed by atoms with Gasteiger partial charge in [-0.25, -0.2) is 0 Å². The molecule has 2 aromatic rings. The summed E-state index contributed by atoms with van der Waals surface area (Å²) in [7, 11) is 0. The minimum absolute atomic E-state index is 0.203. The number of carbonyl (C=O) groups excluding carboxylic acids is 2. The van der Waals surface area contributed by atoms with E-state index < -0.39 is 17.5 Å². The van der Waals surface area contributed by atoms with Crippen molar-refractivity contribution >= 4 is 11.8 Å². The first-order chi connectivity index (χ1) is 15.1. The number of nitrogens with one attached hydrogen (secondary N) is 2. The fraction of sp³-hybridized carbons (Fsp3) is 0.440. The minimum atomic E-state index is -1.16. The molecule has 6 nitrogen and oxygen atoms in total. The summed E-state index contributed by atoms with van der Waals surface area (Å²) < 4.78 is 0. The molecule has 3 rings (SSSR count). The molecule has 0 bridgehead atoms. The van der Waals surface area contributed by atoms with Gasteiger partial charge in [-0.2, -0.15) is 0 Å². The van der Waals surface area contributed by atoms with Crippen molar-refractivity contribution < 1.29 is 19.8 Å². The Balaban J connectivity index is 1.67. The van der Waals surface area contributed by atoms with Gasteiger partial charge >= 0.3 is 0 Å². The number of aliphatic hydroxyl groups excluding tert-OH is 2. The average Bonchev–Trinajstić information content (AvgIpc) is 3.31. The summed E-state index contributed by atoms with van der Waals surface area (Å²) in [4.78, 5) is 26.5. The molecule has 0 unspecified atom stereocenters. The lowest BCUT2D eigenvalue weighted by Crippen LogP contribution is -2.55. The molecule has 1 saturated carbocycles. The predicted molar refractivity (Wildman–Crippen MR) is 119 cm³/mol. The molecule has 0 saturated heterocycles. The number of aliphatic hydroxyl groups is 2. The van der Waals surface area contributed by atoms with Gasteiger partial charge in [-0.1, -0.05) is 73.5 Å². The molecular formula is C25H32N2O4. The molecule has 2 amide bonds.